The third kappa shape index (κ3) is 1.12. The molecule has 1 aromatic carbocycles. The normalized spacial score (nSPS) is 20.6. The fraction of sp³-hybridized carbons (Fsp3) is 0.125. The third-order valence-electron chi connectivity index (χ3n) is 1.64. The number of rotatable bonds is 0. The Morgan fingerprint density at radius 2 is 2.18 bits per heavy atom. The second kappa shape index (κ2) is 2.58. The van der Waals surface area contributed by atoms with Crippen LogP contribution in [0.5, 0.6) is 0 Å². The number of nitrogens with zero attached hydrogens (tertiary/aromatic N) is 1. The summed E-state index contributed by atoms with van der Waals surface area (Å²) >= 11 is 0.0418. The Labute approximate surface area is 68.8 Å². The number of anilines is 1. The Kier molecular flexibility index (Phi) is 1.58. The molecule has 0 aliphatic carbocycles. The standard InChI is InChI=1S/C8H9N2S/c1-11-8-5-3-2-4-7(8)9-6-10-11/h2-6H,1H3,(H,9,10)/q+1. The summed E-state index contributed by atoms with van der Waals surface area (Å²) in [4.78, 5) is 1.30. The van der Waals surface area contributed by atoms with Crippen molar-refractivity contribution < 1.29 is 0 Å². The van der Waals surface area contributed by atoms with Gasteiger partial charge in [0.05, 0.1) is 5.69 Å². The zero-order chi connectivity index (χ0) is 7.68. The molecule has 56 valence electrons. The van der Waals surface area contributed by atoms with Gasteiger partial charge in [-0.05, 0) is 16.5 Å². The summed E-state index contributed by atoms with van der Waals surface area (Å²) < 4.78 is 4.26. The van der Waals surface area contributed by atoms with Crippen molar-refractivity contribution in [2.75, 3.05) is 11.6 Å². The predicted molar refractivity (Wildman–Crippen MR) is 50.1 cm³/mol. The van der Waals surface area contributed by atoms with E-state index in [1.807, 2.05) is 12.1 Å². The van der Waals surface area contributed by atoms with Crippen LogP contribution in [0.2, 0.25) is 0 Å². The molecule has 2 nitrogen and oxygen atoms in total. The fourth-order valence-electron chi connectivity index (χ4n) is 1.08. The maximum atomic E-state index is 4.26. The van der Waals surface area contributed by atoms with E-state index in [4.69, 9.17) is 0 Å². The van der Waals surface area contributed by atoms with Gasteiger partial charge in [0.15, 0.2) is 11.1 Å². The Morgan fingerprint density at radius 3 is 3.00 bits per heavy atom. The van der Waals surface area contributed by atoms with Crippen molar-refractivity contribution in [2.24, 2.45) is 4.40 Å². The molecule has 11 heavy (non-hydrogen) atoms. The van der Waals surface area contributed by atoms with Gasteiger partial charge in [0.25, 0.3) is 0 Å². The molecule has 0 fully saturated rings. The molecule has 1 unspecified atom stereocenters. The number of nitrogens with one attached hydrogen (secondary N) is 1. The lowest BCUT2D eigenvalue weighted by Crippen LogP contribution is -2.10. The smallest absolute Gasteiger partial charge is 0.207 e. The molecular formula is C8H9N2S+. The van der Waals surface area contributed by atoms with E-state index in [2.05, 4.69) is 28.1 Å². The van der Waals surface area contributed by atoms with Gasteiger partial charge in [-0.15, -0.1) is 0 Å². The molecule has 1 aliphatic heterocycles. The van der Waals surface area contributed by atoms with Crippen molar-refractivity contribution in [3.05, 3.63) is 24.3 Å². The summed E-state index contributed by atoms with van der Waals surface area (Å²) in [5.74, 6) is 0. The third-order valence-corrected chi connectivity index (χ3v) is 3.05. The quantitative estimate of drug-likeness (QED) is 0.581. The van der Waals surface area contributed by atoms with Crippen molar-refractivity contribution in [1.29, 1.82) is 0 Å². The first-order valence-corrected chi connectivity index (χ1v) is 5.01. The summed E-state index contributed by atoms with van der Waals surface area (Å²) in [7, 11) is 0. The van der Waals surface area contributed by atoms with Crippen LogP contribution in [0.3, 0.4) is 0 Å². The molecule has 1 aliphatic rings. The summed E-state index contributed by atoms with van der Waals surface area (Å²) in [6.07, 6.45) is 3.89. The molecule has 3 heteroatoms. The van der Waals surface area contributed by atoms with Crippen LogP contribution in [0, 0.1) is 0 Å². The Balaban J connectivity index is 2.50. The predicted octanol–water partition coefficient (Wildman–Crippen LogP) is 1.66. The number of benzene rings is 1. The Hall–Kier alpha value is -0.960. The highest BCUT2D eigenvalue weighted by Gasteiger charge is 2.21. The van der Waals surface area contributed by atoms with E-state index in [-0.39, 0.29) is 11.1 Å². The summed E-state index contributed by atoms with van der Waals surface area (Å²) in [5.41, 5.74) is 1.19. The average Bonchev–Trinajstić information content (AvgIpc) is 2.06. The highest BCUT2D eigenvalue weighted by Crippen LogP contribution is 2.24. The van der Waals surface area contributed by atoms with Crippen LogP contribution >= 0.6 is 0 Å². The molecule has 0 aromatic heterocycles. The number of para-hydroxylation sites is 1. The van der Waals surface area contributed by atoms with Crippen molar-refractivity contribution >= 4 is 23.1 Å². The van der Waals surface area contributed by atoms with E-state index in [9.17, 15) is 0 Å². The Morgan fingerprint density at radius 1 is 1.36 bits per heavy atom. The van der Waals surface area contributed by atoms with Gasteiger partial charge in [-0.25, -0.2) is 0 Å². The average molecular weight is 165 g/mol. The SMILES string of the molecule is C[S+]1N=CNc2ccccc21. The van der Waals surface area contributed by atoms with Crippen LogP contribution in [0.4, 0.5) is 5.69 Å². The molecule has 0 radical (unpaired) electrons. The summed E-state index contributed by atoms with van der Waals surface area (Å²) in [5, 5.41) is 3.11. The van der Waals surface area contributed by atoms with Gasteiger partial charge in [0.2, 0.25) is 4.90 Å². The highest BCUT2D eigenvalue weighted by molar-refractivity contribution is 7.95. The lowest BCUT2D eigenvalue weighted by Gasteiger charge is -2.07. The van der Waals surface area contributed by atoms with Crippen molar-refractivity contribution in [2.45, 2.75) is 4.90 Å². The van der Waals surface area contributed by atoms with E-state index in [0.717, 1.165) is 0 Å². The van der Waals surface area contributed by atoms with Gasteiger partial charge in [0.1, 0.15) is 12.6 Å². The van der Waals surface area contributed by atoms with Crippen LogP contribution in [0.15, 0.2) is 33.6 Å². The first-order chi connectivity index (χ1) is 5.38. The van der Waals surface area contributed by atoms with Crippen LogP contribution in [-0.2, 0) is 11.1 Å². The van der Waals surface area contributed by atoms with Gasteiger partial charge in [-0.3, -0.25) is 0 Å². The second-order valence-corrected chi connectivity index (χ2v) is 3.96. The topological polar surface area (TPSA) is 24.4 Å². The molecular weight excluding hydrogens is 156 g/mol. The molecule has 0 spiro atoms. The zero-order valence-corrected chi connectivity index (χ0v) is 7.06. The van der Waals surface area contributed by atoms with E-state index in [0.29, 0.717) is 0 Å². The number of hydrogen-bond acceptors (Lipinski definition) is 2. The maximum absolute atomic E-state index is 4.26. The first kappa shape index (κ1) is 6.73. The van der Waals surface area contributed by atoms with E-state index < -0.39 is 0 Å². The summed E-state index contributed by atoms with van der Waals surface area (Å²) in [6, 6.07) is 8.26. The number of fused-ring (bicyclic) bond motifs is 1. The molecule has 1 N–H and O–H groups in total. The van der Waals surface area contributed by atoms with Crippen molar-refractivity contribution in [3.63, 3.8) is 0 Å². The number of hydrogen-bond donors (Lipinski definition) is 1. The Bertz CT molecular complexity index is 296. The van der Waals surface area contributed by atoms with Gasteiger partial charge in [0, 0.05) is 0 Å². The van der Waals surface area contributed by atoms with E-state index in [1.54, 1.807) is 6.34 Å². The van der Waals surface area contributed by atoms with Crippen LogP contribution in [0.1, 0.15) is 0 Å². The molecule has 1 aromatic rings. The largest absolute Gasteiger partial charge is 0.338 e. The fourth-order valence-corrected chi connectivity index (χ4v) is 2.12. The zero-order valence-electron chi connectivity index (χ0n) is 6.24. The summed E-state index contributed by atoms with van der Waals surface area (Å²) in [6.45, 7) is 0. The molecule has 1 atom stereocenters. The van der Waals surface area contributed by atoms with Crippen molar-refractivity contribution in [1.82, 2.24) is 0 Å². The molecule has 0 saturated heterocycles. The van der Waals surface area contributed by atoms with E-state index >= 15 is 0 Å². The lowest BCUT2D eigenvalue weighted by atomic mass is 10.3. The lowest BCUT2D eigenvalue weighted by molar-refractivity contribution is 1.41. The van der Waals surface area contributed by atoms with Crippen LogP contribution in [-0.4, -0.2) is 12.6 Å². The minimum atomic E-state index is 0.0418. The minimum absolute atomic E-state index is 0.0418. The molecule has 0 amide bonds. The van der Waals surface area contributed by atoms with Gasteiger partial charge >= 0.3 is 0 Å². The first-order valence-electron chi connectivity index (χ1n) is 3.42. The van der Waals surface area contributed by atoms with Gasteiger partial charge < -0.3 is 5.32 Å². The highest BCUT2D eigenvalue weighted by atomic mass is 32.2. The van der Waals surface area contributed by atoms with Crippen molar-refractivity contribution in [3.8, 4) is 0 Å². The van der Waals surface area contributed by atoms with Gasteiger partial charge in [-0.2, -0.15) is 0 Å². The van der Waals surface area contributed by atoms with E-state index in [1.165, 1.54) is 10.6 Å². The van der Waals surface area contributed by atoms with Crippen LogP contribution in [0.25, 0.3) is 0 Å². The molecule has 2 rings (SSSR count). The monoisotopic (exact) mass is 165 g/mol. The maximum Gasteiger partial charge on any atom is 0.207 e. The van der Waals surface area contributed by atoms with Gasteiger partial charge in [-0.1, -0.05) is 12.1 Å². The molecule has 0 bridgehead atoms. The molecule has 1 heterocycles. The minimum Gasteiger partial charge on any atom is -0.338 e. The molecule has 0 saturated carbocycles. The van der Waals surface area contributed by atoms with Crippen LogP contribution < -0.4 is 5.32 Å². The second-order valence-electron chi connectivity index (χ2n) is 2.35.